The summed E-state index contributed by atoms with van der Waals surface area (Å²) in [6.07, 6.45) is 3.20. The number of carbonyl (C=O) groups is 1. The van der Waals surface area contributed by atoms with Crippen LogP contribution in [0.5, 0.6) is 11.5 Å². The lowest BCUT2D eigenvalue weighted by atomic mass is 9.94. The van der Waals surface area contributed by atoms with E-state index < -0.39 is 0 Å². The summed E-state index contributed by atoms with van der Waals surface area (Å²) in [4.78, 5) is 11.9. The molecule has 0 bridgehead atoms. The minimum absolute atomic E-state index is 0.0166. The largest absolute Gasteiger partial charge is 0.508 e. The Morgan fingerprint density at radius 3 is 2.81 bits per heavy atom. The van der Waals surface area contributed by atoms with Gasteiger partial charge in [0.15, 0.2) is 5.78 Å². The number of allylic oxidation sites excluding steroid dienone is 1. The maximum absolute atomic E-state index is 11.9. The highest BCUT2D eigenvalue weighted by Crippen LogP contribution is 2.25. The van der Waals surface area contributed by atoms with Gasteiger partial charge in [0.05, 0.1) is 5.56 Å². The van der Waals surface area contributed by atoms with Crippen molar-refractivity contribution in [3.63, 3.8) is 0 Å². The summed E-state index contributed by atoms with van der Waals surface area (Å²) in [6, 6.07) is 3.96. The number of phenols is 2. The van der Waals surface area contributed by atoms with Gasteiger partial charge in [-0.1, -0.05) is 13.0 Å². The molecule has 1 rings (SSSR count). The zero-order valence-electron chi connectivity index (χ0n) is 9.31. The van der Waals surface area contributed by atoms with Crippen molar-refractivity contribution < 1.29 is 15.0 Å². The lowest BCUT2D eigenvalue weighted by Crippen LogP contribution is -2.11. The number of hydrogen-bond donors (Lipinski definition) is 2. The number of rotatable bonds is 5. The second-order valence-electron chi connectivity index (χ2n) is 3.83. The van der Waals surface area contributed by atoms with Crippen LogP contribution in [-0.4, -0.2) is 16.0 Å². The highest BCUT2D eigenvalue weighted by molar-refractivity contribution is 6.00. The molecule has 0 heterocycles. The maximum atomic E-state index is 11.9. The number of ketones is 1. The van der Waals surface area contributed by atoms with Gasteiger partial charge in [-0.15, -0.1) is 6.58 Å². The van der Waals surface area contributed by atoms with Gasteiger partial charge in [0.25, 0.3) is 0 Å². The Morgan fingerprint density at radius 2 is 2.19 bits per heavy atom. The van der Waals surface area contributed by atoms with Crippen LogP contribution in [0, 0.1) is 5.92 Å². The topological polar surface area (TPSA) is 57.5 Å². The zero-order valence-corrected chi connectivity index (χ0v) is 9.31. The second kappa shape index (κ2) is 5.35. The molecule has 0 aliphatic heterocycles. The smallest absolute Gasteiger partial charge is 0.169 e. The number of phenolic OH excluding ortho intramolecular Hbond substituents is 2. The van der Waals surface area contributed by atoms with Gasteiger partial charge in [0.1, 0.15) is 11.5 Å². The van der Waals surface area contributed by atoms with E-state index in [0.717, 1.165) is 6.42 Å². The van der Waals surface area contributed by atoms with E-state index in [-0.39, 0.29) is 28.8 Å². The Hall–Kier alpha value is -1.77. The number of hydrogen-bond acceptors (Lipinski definition) is 3. The number of Topliss-reactive ketones (excluding diaryl/α,β-unsaturated/α-hetero) is 1. The summed E-state index contributed by atoms with van der Waals surface area (Å²) in [6.45, 7) is 5.40. The van der Waals surface area contributed by atoms with Gasteiger partial charge in [-0.05, 0) is 31.0 Å². The van der Waals surface area contributed by atoms with Crippen molar-refractivity contribution in [3.8, 4) is 11.5 Å². The molecule has 0 aliphatic carbocycles. The predicted molar refractivity (Wildman–Crippen MR) is 62.7 cm³/mol. The van der Waals surface area contributed by atoms with Gasteiger partial charge in [0, 0.05) is 5.92 Å². The van der Waals surface area contributed by atoms with Crippen LogP contribution in [0.2, 0.25) is 0 Å². The minimum Gasteiger partial charge on any atom is -0.508 e. The molecule has 3 heteroatoms. The molecule has 0 amide bonds. The van der Waals surface area contributed by atoms with Crippen LogP contribution < -0.4 is 0 Å². The van der Waals surface area contributed by atoms with Crippen LogP contribution >= 0.6 is 0 Å². The van der Waals surface area contributed by atoms with E-state index in [9.17, 15) is 15.0 Å². The van der Waals surface area contributed by atoms with Crippen molar-refractivity contribution >= 4 is 5.78 Å². The summed E-state index contributed by atoms with van der Waals surface area (Å²) in [7, 11) is 0. The molecule has 1 aromatic rings. The lowest BCUT2D eigenvalue weighted by molar-refractivity contribution is 0.0921. The maximum Gasteiger partial charge on any atom is 0.169 e. The SMILES string of the molecule is C=CCCC(C)C(=O)c1cc(O)ccc1O. The molecular weight excluding hydrogens is 204 g/mol. The van der Waals surface area contributed by atoms with Gasteiger partial charge >= 0.3 is 0 Å². The molecular formula is C13H16O3. The molecule has 0 aliphatic rings. The Balaban J connectivity index is 2.86. The summed E-state index contributed by atoms with van der Waals surface area (Å²) < 4.78 is 0. The molecule has 3 nitrogen and oxygen atoms in total. The number of aromatic hydroxyl groups is 2. The first-order valence-corrected chi connectivity index (χ1v) is 5.23. The van der Waals surface area contributed by atoms with Crippen molar-refractivity contribution in [2.45, 2.75) is 19.8 Å². The third-order valence-electron chi connectivity index (χ3n) is 2.50. The average molecular weight is 220 g/mol. The molecule has 0 spiro atoms. The first kappa shape index (κ1) is 12.3. The molecule has 1 unspecified atom stereocenters. The number of carbonyl (C=O) groups excluding carboxylic acids is 1. The van der Waals surface area contributed by atoms with E-state index in [2.05, 4.69) is 6.58 Å². The summed E-state index contributed by atoms with van der Waals surface area (Å²) in [5.41, 5.74) is 0.177. The Kier molecular flexibility index (Phi) is 4.11. The quantitative estimate of drug-likeness (QED) is 0.455. The fourth-order valence-corrected chi connectivity index (χ4v) is 1.49. The molecule has 1 aromatic carbocycles. The molecule has 2 N–H and O–H groups in total. The van der Waals surface area contributed by atoms with E-state index in [0.29, 0.717) is 6.42 Å². The van der Waals surface area contributed by atoms with Crippen molar-refractivity contribution in [2.24, 2.45) is 5.92 Å². The first-order chi connectivity index (χ1) is 7.56. The van der Waals surface area contributed by atoms with E-state index in [4.69, 9.17) is 0 Å². The summed E-state index contributed by atoms with van der Waals surface area (Å²) in [5.74, 6) is -0.453. The van der Waals surface area contributed by atoms with Gasteiger partial charge in [-0.2, -0.15) is 0 Å². The normalized spacial score (nSPS) is 12.1. The highest BCUT2D eigenvalue weighted by atomic mass is 16.3. The standard InChI is InChI=1S/C13H16O3/c1-3-4-5-9(2)13(16)11-8-10(14)6-7-12(11)15/h3,6-9,14-15H,1,4-5H2,2H3. The predicted octanol–water partition coefficient (Wildman–Crippen LogP) is 2.88. The fraction of sp³-hybridized carbons (Fsp3) is 0.308. The van der Waals surface area contributed by atoms with Gasteiger partial charge in [-0.25, -0.2) is 0 Å². The van der Waals surface area contributed by atoms with Crippen molar-refractivity contribution in [2.75, 3.05) is 0 Å². The van der Waals surface area contributed by atoms with E-state index in [1.807, 2.05) is 0 Å². The van der Waals surface area contributed by atoms with E-state index in [1.54, 1.807) is 13.0 Å². The van der Waals surface area contributed by atoms with Crippen molar-refractivity contribution in [1.29, 1.82) is 0 Å². The molecule has 86 valence electrons. The second-order valence-corrected chi connectivity index (χ2v) is 3.83. The van der Waals surface area contributed by atoms with Crippen LogP contribution in [0.1, 0.15) is 30.1 Å². The highest BCUT2D eigenvalue weighted by Gasteiger charge is 2.18. The molecule has 1 atom stereocenters. The zero-order chi connectivity index (χ0) is 12.1. The Bertz CT molecular complexity index is 396. The van der Waals surface area contributed by atoms with Crippen LogP contribution in [0.4, 0.5) is 0 Å². The monoisotopic (exact) mass is 220 g/mol. The molecule has 0 radical (unpaired) electrons. The average Bonchev–Trinajstić information content (AvgIpc) is 2.28. The lowest BCUT2D eigenvalue weighted by Gasteiger charge is -2.10. The summed E-state index contributed by atoms with van der Waals surface area (Å²) in [5, 5.41) is 18.8. The molecule has 0 fully saturated rings. The van der Waals surface area contributed by atoms with Crippen LogP contribution in [0.15, 0.2) is 30.9 Å². The van der Waals surface area contributed by atoms with Crippen molar-refractivity contribution in [1.82, 2.24) is 0 Å². The van der Waals surface area contributed by atoms with E-state index >= 15 is 0 Å². The first-order valence-electron chi connectivity index (χ1n) is 5.23. The molecule has 0 saturated heterocycles. The van der Waals surface area contributed by atoms with Crippen molar-refractivity contribution in [3.05, 3.63) is 36.4 Å². The van der Waals surface area contributed by atoms with E-state index in [1.165, 1.54) is 18.2 Å². The van der Waals surface area contributed by atoms with Crippen LogP contribution in [-0.2, 0) is 0 Å². The third kappa shape index (κ3) is 2.86. The Labute approximate surface area is 95.0 Å². The molecule has 0 aromatic heterocycles. The minimum atomic E-state index is -0.189. The van der Waals surface area contributed by atoms with Crippen LogP contribution in [0.3, 0.4) is 0 Å². The molecule has 0 saturated carbocycles. The third-order valence-corrected chi connectivity index (χ3v) is 2.50. The summed E-state index contributed by atoms with van der Waals surface area (Å²) >= 11 is 0. The van der Waals surface area contributed by atoms with Gasteiger partial charge in [0.2, 0.25) is 0 Å². The fourth-order valence-electron chi connectivity index (χ4n) is 1.49. The number of benzene rings is 1. The van der Waals surface area contributed by atoms with Gasteiger partial charge < -0.3 is 10.2 Å². The van der Waals surface area contributed by atoms with Crippen LogP contribution in [0.25, 0.3) is 0 Å². The van der Waals surface area contributed by atoms with Gasteiger partial charge in [-0.3, -0.25) is 4.79 Å². The molecule has 16 heavy (non-hydrogen) atoms. The Morgan fingerprint density at radius 1 is 1.50 bits per heavy atom.